The molecule has 0 aromatic heterocycles. The number of Topliss-reactive ketones (excluding diaryl/α,β-unsaturated/α-hetero) is 3. The van der Waals surface area contributed by atoms with E-state index in [0.29, 0.717) is 63.5 Å². The maximum Gasteiger partial charge on any atom is 0.329 e. The molecule has 5 aliphatic heterocycles. The van der Waals surface area contributed by atoms with Gasteiger partial charge in [-0.25, -0.2) is 4.79 Å². The molecule has 4 saturated heterocycles. The lowest BCUT2D eigenvalue weighted by atomic mass is 9.68. The Hall–Kier alpha value is -3.41. The molecular formula is C57H92N2O13. The fourth-order valence-corrected chi connectivity index (χ4v) is 12.0. The fourth-order valence-electron chi connectivity index (χ4n) is 12.0. The number of hydrogen-bond donors (Lipinski definition) is 5. The molecule has 0 aromatic carbocycles. The molecule has 0 radical (unpaired) electrons. The molecular weight excluding hydrogens is 921 g/mol. The van der Waals surface area contributed by atoms with Gasteiger partial charge in [0.25, 0.3) is 11.7 Å². The van der Waals surface area contributed by atoms with E-state index in [-0.39, 0.29) is 54.3 Å². The average Bonchev–Trinajstić information content (AvgIpc) is 3.38. The molecule has 6 rings (SSSR count). The highest BCUT2D eigenvalue weighted by Crippen LogP contribution is 2.45. The zero-order valence-corrected chi connectivity index (χ0v) is 45.1. The van der Waals surface area contributed by atoms with Crippen molar-refractivity contribution in [1.29, 1.82) is 0 Å². The van der Waals surface area contributed by atoms with Crippen LogP contribution in [0.15, 0.2) is 47.6 Å². The first-order chi connectivity index (χ1) is 34.4. The van der Waals surface area contributed by atoms with E-state index in [2.05, 4.69) is 5.32 Å². The number of nitrogens with one attached hydrogen (secondary N) is 1. The van der Waals surface area contributed by atoms with Gasteiger partial charge in [-0.3, -0.25) is 19.2 Å². The molecule has 5 heterocycles. The van der Waals surface area contributed by atoms with Crippen LogP contribution < -0.4 is 5.32 Å². The summed E-state index contributed by atoms with van der Waals surface area (Å²) in [5.74, 6) is -6.69. The number of carbonyl (C=O) groups excluding carboxylic acids is 5. The zero-order valence-electron chi connectivity index (χ0n) is 45.1. The summed E-state index contributed by atoms with van der Waals surface area (Å²) in [6, 6.07) is -1.04. The summed E-state index contributed by atoms with van der Waals surface area (Å²) in [6.45, 7) is 13.8. The second-order valence-corrected chi connectivity index (χ2v) is 21.8. The van der Waals surface area contributed by atoms with Crippen LogP contribution in [0.5, 0.6) is 0 Å². The number of esters is 1. The summed E-state index contributed by atoms with van der Waals surface area (Å²) < 4.78 is 23.7. The van der Waals surface area contributed by atoms with Crippen molar-refractivity contribution in [1.82, 2.24) is 10.2 Å². The van der Waals surface area contributed by atoms with Crippen LogP contribution >= 0.6 is 0 Å². The van der Waals surface area contributed by atoms with Crippen LogP contribution in [0, 0.1) is 47.3 Å². The Morgan fingerprint density at radius 3 is 2.25 bits per heavy atom. The SMILES string of the molecule is CO.COC1CCCC(C[C@H]2C3CCCN4C(=O)C(=O)C5(O)O[C@H](CC/C(C)=C/C=C/C=C/[C@@H](C)CC(C)C(=O)[C@H](OC)C(O)/C(C)=C/[C@@H](C)C(=O)C[C@@H]2OC(=O)C34)CCC5C)C1.OCCC1CCNCC1. The third-order valence-electron chi connectivity index (χ3n) is 16.4. The molecule has 0 spiro atoms. The van der Waals surface area contributed by atoms with Gasteiger partial charge >= 0.3 is 5.97 Å². The molecule has 72 heavy (non-hydrogen) atoms. The molecule has 14 atom stereocenters. The van der Waals surface area contributed by atoms with Crippen molar-refractivity contribution < 1.29 is 63.3 Å². The van der Waals surface area contributed by atoms with Gasteiger partial charge in [-0.15, -0.1) is 0 Å². The topological polar surface area (TPSA) is 218 Å². The Kier molecular flexibility index (Phi) is 25.7. The van der Waals surface area contributed by atoms with Gasteiger partial charge in [0, 0.05) is 64.6 Å². The number of amides is 1. The van der Waals surface area contributed by atoms with E-state index in [9.17, 15) is 34.2 Å². The lowest BCUT2D eigenvalue weighted by molar-refractivity contribution is -0.263. The number of aliphatic hydroxyl groups excluding tert-OH is 3. The Balaban J connectivity index is 0.000000910. The normalized spacial score (nSPS) is 38.7. The van der Waals surface area contributed by atoms with E-state index in [4.69, 9.17) is 29.2 Å². The summed E-state index contributed by atoms with van der Waals surface area (Å²) in [5.41, 5.74) is 1.51. The molecule has 15 heteroatoms. The minimum absolute atomic E-state index is 0.0663. The van der Waals surface area contributed by atoms with Crippen LogP contribution in [0.4, 0.5) is 0 Å². The number of carbonyl (C=O) groups is 5. The van der Waals surface area contributed by atoms with Gasteiger partial charge in [0.2, 0.25) is 5.79 Å². The number of fused-ring (bicyclic) bond motifs is 4. The maximum atomic E-state index is 14.3. The number of piperidine rings is 2. The highest BCUT2D eigenvalue weighted by atomic mass is 16.6. The van der Waals surface area contributed by atoms with E-state index in [1.54, 1.807) is 34.0 Å². The lowest BCUT2D eigenvalue weighted by Gasteiger charge is -2.50. The highest BCUT2D eigenvalue weighted by Gasteiger charge is 2.56. The number of methoxy groups -OCH3 is 2. The van der Waals surface area contributed by atoms with Crippen LogP contribution in [0.2, 0.25) is 0 Å². The smallest absolute Gasteiger partial charge is 0.329 e. The van der Waals surface area contributed by atoms with Gasteiger partial charge in [-0.2, -0.15) is 0 Å². The summed E-state index contributed by atoms with van der Waals surface area (Å²) in [4.78, 5) is 71.7. The van der Waals surface area contributed by atoms with Gasteiger partial charge in [0.05, 0.1) is 12.2 Å². The molecule has 8 unspecified atom stereocenters. The predicted octanol–water partition coefficient (Wildman–Crippen LogP) is 6.78. The molecule has 1 amide bonds. The van der Waals surface area contributed by atoms with Crippen molar-refractivity contribution in [3.05, 3.63) is 47.6 Å². The molecule has 4 bridgehead atoms. The van der Waals surface area contributed by atoms with Crippen LogP contribution in [-0.2, 0) is 42.9 Å². The predicted molar refractivity (Wildman–Crippen MR) is 276 cm³/mol. The summed E-state index contributed by atoms with van der Waals surface area (Å²) in [5, 5.41) is 42.2. The second-order valence-electron chi connectivity index (χ2n) is 21.8. The van der Waals surface area contributed by atoms with E-state index in [1.165, 1.54) is 24.9 Å². The number of allylic oxidation sites excluding steroid dienone is 7. The van der Waals surface area contributed by atoms with Crippen molar-refractivity contribution >= 4 is 29.2 Å². The number of rotatable bonds is 6. The molecule has 0 aromatic rings. The molecule has 5 fully saturated rings. The van der Waals surface area contributed by atoms with Gasteiger partial charge in [-0.05, 0) is 140 Å². The van der Waals surface area contributed by atoms with E-state index in [0.717, 1.165) is 63.8 Å². The van der Waals surface area contributed by atoms with Gasteiger partial charge in [0.1, 0.15) is 30.1 Å². The van der Waals surface area contributed by atoms with Crippen molar-refractivity contribution in [2.45, 2.75) is 187 Å². The van der Waals surface area contributed by atoms with Crippen LogP contribution in [-0.4, -0.2) is 144 Å². The first-order valence-corrected chi connectivity index (χ1v) is 27.1. The molecule has 1 saturated carbocycles. The molecule has 15 nitrogen and oxygen atoms in total. The third-order valence-corrected chi connectivity index (χ3v) is 16.4. The Bertz CT molecular complexity index is 1870. The zero-order chi connectivity index (χ0) is 53.1. The number of aliphatic hydroxyl groups is 4. The summed E-state index contributed by atoms with van der Waals surface area (Å²) >= 11 is 0. The highest BCUT2D eigenvalue weighted by molar-refractivity contribution is 6.39. The van der Waals surface area contributed by atoms with E-state index < -0.39 is 71.7 Å². The minimum Gasteiger partial charge on any atom is -0.460 e. The maximum absolute atomic E-state index is 14.3. The van der Waals surface area contributed by atoms with Crippen LogP contribution in [0.1, 0.15) is 144 Å². The Morgan fingerprint density at radius 2 is 1.57 bits per heavy atom. The molecule has 408 valence electrons. The van der Waals surface area contributed by atoms with Gasteiger partial charge < -0.3 is 49.6 Å². The van der Waals surface area contributed by atoms with E-state index in [1.807, 2.05) is 51.2 Å². The first kappa shape index (κ1) is 61.1. The van der Waals surface area contributed by atoms with Gasteiger partial charge in [-0.1, -0.05) is 82.6 Å². The number of ether oxygens (including phenoxy) is 4. The minimum atomic E-state index is -2.33. The quantitative estimate of drug-likeness (QED) is 0.105. The second kappa shape index (κ2) is 30.2. The molecule has 1 aliphatic carbocycles. The van der Waals surface area contributed by atoms with Crippen molar-refractivity contribution in [3.63, 3.8) is 0 Å². The number of nitrogens with zero attached hydrogens (tertiary/aromatic N) is 1. The largest absolute Gasteiger partial charge is 0.460 e. The lowest BCUT2D eigenvalue weighted by Crippen LogP contribution is -2.65. The van der Waals surface area contributed by atoms with Crippen molar-refractivity contribution in [2.24, 2.45) is 47.3 Å². The summed E-state index contributed by atoms with van der Waals surface area (Å²) in [7, 11) is 4.12. The number of ketones is 3. The average molecular weight is 1010 g/mol. The third kappa shape index (κ3) is 16.8. The monoisotopic (exact) mass is 1010 g/mol. The summed E-state index contributed by atoms with van der Waals surface area (Å²) in [6.07, 6.45) is 19.8. The van der Waals surface area contributed by atoms with Crippen molar-refractivity contribution in [3.8, 4) is 0 Å². The van der Waals surface area contributed by atoms with Crippen molar-refractivity contribution in [2.75, 3.05) is 47.6 Å². The Labute approximate surface area is 430 Å². The molecule has 6 aliphatic rings. The standard InChI is InChI=1S/C49H73NO11.C7H15NO.CH4O/c1-29-14-10-9-11-15-30(2)24-32(4)43(52)45(59-8)44(53)33(5)25-31(3)40(51)28-41-39(27-35-16-12-17-37(26-35)58-7)38-18-13-23-50(42(38)48(56)60-41)47(55)46(54)49(57)34(6)20-22-36(61-49)21-19-29;9-6-3-7-1-4-8-5-2-7;1-2/h9-11,14-15,25,30-32,34-39,41-42,44-45,53,57H,12-13,16-24,26-28H2,1-8H3;7-9H,1-6H2;2H,1H3/b10-9+,15-11+,29-14+,33-25+;;/t30-,31-,32?,34?,35?,36-,37?,38?,39+,41+,42?,44?,45+,49?;;/m1../s1. The number of hydrogen-bond acceptors (Lipinski definition) is 14. The first-order valence-electron chi connectivity index (χ1n) is 27.1. The fraction of sp³-hybridized carbons (Fsp3) is 0.772. The van der Waals surface area contributed by atoms with Gasteiger partial charge in [0.15, 0.2) is 5.78 Å². The van der Waals surface area contributed by atoms with Crippen LogP contribution in [0.3, 0.4) is 0 Å². The Morgan fingerprint density at radius 1 is 0.847 bits per heavy atom. The van der Waals surface area contributed by atoms with E-state index >= 15 is 0 Å². The molecule has 5 N–H and O–H groups in total. The van der Waals surface area contributed by atoms with Crippen LogP contribution in [0.25, 0.3) is 0 Å².